The zero-order valence-electron chi connectivity index (χ0n) is 22.3. The molecule has 0 amide bonds. The minimum absolute atomic E-state index is 0.0711. The Morgan fingerprint density at radius 3 is 2.00 bits per heavy atom. The molecule has 0 N–H and O–H groups in total. The number of ether oxygens (including phenoxy) is 6. The summed E-state index contributed by atoms with van der Waals surface area (Å²) in [6.45, 7) is 5.77. The molecule has 2 aliphatic carbocycles. The Kier molecular flexibility index (Phi) is 7.14. The lowest BCUT2D eigenvalue weighted by atomic mass is 9.80. The maximum absolute atomic E-state index is 14.5. The van der Waals surface area contributed by atoms with E-state index in [1.165, 1.54) is 0 Å². The van der Waals surface area contributed by atoms with E-state index in [9.17, 15) is 13.6 Å². The normalized spacial score (nSPS) is 27.3. The molecule has 1 saturated heterocycles. The lowest BCUT2D eigenvalue weighted by Crippen LogP contribution is -2.42. The Labute approximate surface area is 226 Å². The van der Waals surface area contributed by atoms with Gasteiger partial charge in [-0.25, -0.2) is 0 Å². The summed E-state index contributed by atoms with van der Waals surface area (Å²) >= 11 is 0. The Morgan fingerprint density at radius 2 is 1.41 bits per heavy atom. The minimum Gasteiger partial charge on any atom is -0.491 e. The molecule has 0 aromatic heterocycles. The molecule has 39 heavy (non-hydrogen) atoms. The Balaban J connectivity index is 0.000000144. The molecule has 2 saturated carbocycles. The Morgan fingerprint density at radius 1 is 0.846 bits per heavy atom. The molecule has 4 atom stereocenters. The summed E-state index contributed by atoms with van der Waals surface area (Å²) in [6.07, 6.45) is 3.85. The molecule has 7 nitrogen and oxygen atoms in total. The van der Waals surface area contributed by atoms with E-state index < -0.39 is 11.6 Å². The molecule has 0 bridgehead atoms. The molecule has 9 heteroatoms. The van der Waals surface area contributed by atoms with Crippen molar-refractivity contribution in [3.8, 4) is 23.0 Å². The van der Waals surface area contributed by atoms with E-state index in [0.29, 0.717) is 51.4 Å². The number of ketones is 1. The smallest absolute Gasteiger partial charge is 0.207 e. The first-order valence-corrected chi connectivity index (χ1v) is 14.0. The van der Waals surface area contributed by atoms with Gasteiger partial charge in [-0.1, -0.05) is 12.1 Å². The van der Waals surface area contributed by atoms with Crippen LogP contribution in [0.15, 0.2) is 24.3 Å². The van der Waals surface area contributed by atoms with Gasteiger partial charge in [0.2, 0.25) is 11.6 Å². The predicted octanol–water partition coefficient (Wildman–Crippen LogP) is 5.82. The number of hydrogen-bond donors (Lipinski definition) is 0. The van der Waals surface area contributed by atoms with Crippen molar-refractivity contribution in [3.05, 3.63) is 47.0 Å². The molecular formula is C30H34F2O7. The summed E-state index contributed by atoms with van der Waals surface area (Å²) in [4.78, 5) is 11.4. The van der Waals surface area contributed by atoms with Crippen LogP contribution in [0.2, 0.25) is 0 Å². The number of carbonyl (C=O) groups is 1. The molecule has 210 valence electrons. The first-order valence-electron chi connectivity index (χ1n) is 14.0. The van der Waals surface area contributed by atoms with Gasteiger partial charge in [0.1, 0.15) is 18.0 Å². The number of carbonyl (C=O) groups excluding carboxylic acids is 1. The lowest BCUT2D eigenvalue weighted by Gasteiger charge is -2.37. The van der Waals surface area contributed by atoms with Crippen LogP contribution < -0.4 is 18.9 Å². The average molecular weight is 545 g/mol. The first-order chi connectivity index (χ1) is 18.9. The van der Waals surface area contributed by atoms with Gasteiger partial charge in [-0.05, 0) is 38.8 Å². The first kappa shape index (κ1) is 26.3. The molecule has 2 unspecified atom stereocenters. The summed E-state index contributed by atoms with van der Waals surface area (Å²) in [5.74, 6) is 0.377. The second-order valence-electron chi connectivity index (χ2n) is 10.6. The number of halogens is 2. The van der Waals surface area contributed by atoms with Gasteiger partial charge < -0.3 is 28.4 Å². The summed E-state index contributed by atoms with van der Waals surface area (Å²) in [6, 6.07) is 7.16. The number of Topliss-reactive ketones (excluding diaryl/α,β-unsaturated/α-hetero) is 1. The van der Waals surface area contributed by atoms with Gasteiger partial charge in [0.25, 0.3) is 0 Å². The highest BCUT2D eigenvalue weighted by molar-refractivity contribution is 5.80. The van der Waals surface area contributed by atoms with Crippen molar-refractivity contribution in [2.45, 2.75) is 82.2 Å². The van der Waals surface area contributed by atoms with Crippen LogP contribution in [-0.2, 0) is 14.3 Å². The zero-order chi connectivity index (χ0) is 27.1. The van der Waals surface area contributed by atoms with Crippen molar-refractivity contribution in [3.63, 3.8) is 0 Å². The van der Waals surface area contributed by atoms with E-state index >= 15 is 0 Å². The van der Waals surface area contributed by atoms with Gasteiger partial charge in [0.15, 0.2) is 28.8 Å². The maximum Gasteiger partial charge on any atom is 0.207 e. The van der Waals surface area contributed by atoms with Crippen molar-refractivity contribution in [2.75, 3.05) is 26.4 Å². The van der Waals surface area contributed by atoms with Crippen LogP contribution in [0.25, 0.3) is 0 Å². The van der Waals surface area contributed by atoms with Crippen LogP contribution >= 0.6 is 0 Å². The van der Waals surface area contributed by atoms with Crippen LogP contribution in [0, 0.1) is 11.6 Å². The molecule has 0 radical (unpaired) electrons. The van der Waals surface area contributed by atoms with E-state index in [0.717, 1.165) is 30.4 Å². The van der Waals surface area contributed by atoms with Gasteiger partial charge in [0, 0.05) is 48.6 Å². The van der Waals surface area contributed by atoms with Crippen molar-refractivity contribution in [2.24, 2.45) is 0 Å². The highest BCUT2D eigenvalue weighted by atomic mass is 19.1. The van der Waals surface area contributed by atoms with E-state index in [4.69, 9.17) is 28.4 Å². The molecule has 1 spiro atoms. The van der Waals surface area contributed by atoms with Gasteiger partial charge in [-0.15, -0.1) is 0 Å². The summed E-state index contributed by atoms with van der Waals surface area (Å²) in [5, 5.41) is 0. The van der Waals surface area contributed by atoms with E-state index in [2.05, 4.69) is 0 Å². The number of hydrogen-bond acceptors (Lipinski definition) is 7. The molecule has 3 fully saturated rings. The molecular weight excluding hydrogens is 510 g/mol. The Bertz CT molecular complexity index is 1240. The fourth-order valence-corrected chi connectivity index (χ4v) is 6.57. The molecule has 3 heterocycles. The summed E-state index contributed by atoms with van der Waals surface area (Å²) < 4.78 is 62.2. The topological polar surface area (TPSA) is 72.5 Å². The molecule has 7 rings (SSSR count). The third-order valence-electron chi connectivity index (χ3n) is 8.34. The molecule has 5 aliphatic rings. The van der Waals surface area contributed by atoms with Crippen molar-refractivity contribution in [1.29, 1.82) is 0 Å². The standard InChI is InChI=1S/C16H19FO4.C14H15FO3/c1-2-18-12-4-3-11-10-5-6-16(19-7-8-20-16)9-13(10)21-15(11)14(12)17;1-2-17-11-6-5-10-9-4-3-8(16)7-12(9)18-14(10)13(11)15/h3-4,10,13H,2,5-9H2,1H3;5-6,9,12H,2-4,7H2,1H3/t10-,13?;9-,12?/m00/s1. The van der Waals surface area contributed by atoms with Crippen LogP contribution in [0.4, 0.5) is 8.78 Å². The summed E-state index contributed by atoms with van der Waals surface area (Å²) in [5.41, 5.74) is 1.84. The van der Waals surface area contributed by atoms with Gasteiger partial charge >= 0.3 is 0 Å². The average Bonchev–Trinajstić information content (AvgIpc) is 3.64. The monoisotopic (exact) mass is 544 g/mol. The third kappa shape index (κ3) is 4.73. The van der Waals surface area contributed by atoms with E-state index in [1.807, 2.05) is 26.0 Å². The van der Waals surface area contributed by atoms with E-state index in [1.54, 1.807) is 12.1 Å². The zero-order valence-corrected chi connectivity index (χ0v) is 22.3. The lowest BCUT2D eigenvalue weighted by molar-refractivity contribution is -0.193. The van der Waals surface area contributed by atoms with E-state index in [-0.39, 0.29) is 52.9 Å². The van der Waals surface area contributed by atoms with Crippen LogP contribution in [0.5, 0.6) is 23.0 Å². The van der Waals surface area contributed by atoms with Gasteiger partial charge in [-0.3, -0.25) is 4.79 Å². The minimum atomic E-state index is -0.511. The van der Waals surface area contributed by atoms with Crippen LogP contribution in [-0.4, -0.2) is 50.2 Å². The van der Waals surface area contributed by atoms with Crippen molar-refractivity contribution >= 4 is 5.78 Å². The number of fused-ring (bicyclic) bond motifs is 6. The SMILES string of the molecule is CCOc1ccc2c(c1F)OC1CC(=O)CC[C@@H]21.CCOc1ccc2c(c1F)OC1CC3(CC[C@@H]21)OCCO3. The highest BCUT2D eigenvalue weighted by Crippen LogP contribution is 2.52. The fourth-order valence-electron chi connectivity index (χ4n) is 6.57. The van der Waals surface area contributed by atoms with Crippen molar-refractivity contribution in [1.82, 2.24) is 0 Å². The van der Waals surface area contributed by atoms with Crippen LogP contribution in [0.3, 0.4) is 0 Å². The number of rotatable bonds is 4. The molecule has 3 aliphatic heterocycles. The molecule has 2 aromatic carbocycles. The van der Waals surface area contributed by atoms with Gasteiger partial charge in [-0.2, -0.15) is 8.78 Å². The maximum atomic E-state index is 14.5. The largest absolute Gasteiger partial charge is 0.491 e. The second kappa shape index (κ2) is 10.6. The predicted molar refractivity (Wildman–Crippen MR) is 137 cm³/mol. The highest BCUT2D eigenvalue weighted by Gasteiger charge is 2.50. The Hall–Kier alpha value is -2.91. The van der Waals surface area contributed by atoms with Crippen LogP contribution in [0.1, 0.15) is 75.3 Å². The number of benzene rings is 2. The third-order valence-corrected chi connectivity index (χ3v) is 8.34. The quantitative estimate of drug-likeness (QED) is 0.481. The fraction of sp³-hybridized carbons (Fsp3) is 0.567. The van der Waals surface area contributed by atoms with Gasteiger partial charge in [0.05, 0.1) is 26.4 Å². The van der Waals surface area contributed by atoms with Crippen molar-refractivity contribution < 1.29 is 42.0 Å². The second-order valence-corrected chi connectivity index (χ2v) is 10.6. The molecule has 2 aromatic rings. The summed E-state index contributed by atoms with van der Waals surface area (Å²) in [7, 11) is 0.